The number of furan rings is 1. The van der Waals surface area contributed by atoms with E-state index in [9.17, 15) is 4.79 Å². The van der Waals surface area contributed by atoms with E-state index in [0.717, 1.165) is 29.9 Å². The van der Waals surface area contributed by atoms with Crippen LogP contribution in [0.4, 0.5) is 0 Å². The van der Waals surface area contributed by atoms with Gasteiger partial charge in [0.25, 0.3) is 0 Å². The monoisotopic (exact) mass is 290 g/mol. The second kappa shape index (κ2) is 5.42. The van der Waals surface area contributed by atoms with Crippen LogP contribution in [-0.2, 0) is 17.9 Å². The first-order chi connectivity index (χ1) is 9.67. The van der Waals surface area contributed by atoms with Gasteiger partial charge in [-0.15, -0.1) is 11.3 Å². The van der Waals surface area contributed by atoms with E-state index in [2.05, 4.69) is 0 Å². The molecule has 3 rings (SSSR count). The van der Waals surface area contributed by atoms with Crippen molar-refractivity contribution in [3.05, 3.63) is 46.5 Å². The minimum absolute atomic E-state index is 0.0357. The Hall–Kier alpha value is -1.59. The number of hydrogen-bond acceptors (Lipinski definition) is 4. The van der Waals surface area contributed by atoms with Gasteiger partial charge in [-0.2, -0.15) is 0 Å². The van der Waals surface area contributed by atoms with Gasteiger partial charge in [-0.05, 0) is 42.8 Å². The van der Waals surface area contributed by atoms with E-state index in [1.54, 1.807) is 17.6 Å². The fraction of sp³-hybridized carbons (Fsp3) is 0.400. The molecule has 0 saturated heterocycles. The Morgan fingerprint density at radius 3 is 2.75 bits per heavy atom. The van der Waals surface area contributed by atoms with E-state index in [1.165, 1.54) is 0 Å². The summed E-state index contributed by atoms with van der Waals surface area (Å²) in [5, 5.41) is 2.02. The molecule has 0 radical (unpaired) electrons. The summed E-state index contributed by atoms with van der Waals surface area (Å²) in [7, 11) is 0. The average molecular weight is 290 g/mol. The van der Waals surface area contributed by atoms with Crippen molar-refractivity contribution in [1.82, 2.24) is 4.90 Å². The van der Waals surface area contributed by atoms with Crippen LogP contribution in [-0.4, -0.2) is 16.3 Å². The summed E-state index contributed by atoms with van der Waals surface area (Å²) in [5.74, 6) is 0.825. The highest BCUT2D eigenvalue weighted by Gasteiger charge is 2.42. The average Bonchev–Trinajstić information content (AvgIpc) is 3.07. The number of amides is 1. The highest BCUT2D eigenvalue weighted by molar-refractivity contribution is 7.09. The van der Waals surface area contributed by atoms with Gasteiger partial charge in [-0.3, -0.25) is 4.79 Å². The zero-order valence-electron chi connectivity index (χ0n) is 11.2. The lowest BCUT2D eigenvalue weighted by Crippen LogP contribution is -2.59. The van der Waals surface area contributed by atoms with E-state index in [-0.39, 0.29) is 5.91 Å². The van der Waals surface area contributed by atoms with Crippen LogP contribution in [0.1, 0.15) is 29.9 Å². The van der Waals surface area contributed by atoms with Crippen molar-refractivity contribution < 1.29 is 9.21 Å². The first kappa shape index (κ1) is 13.4. The number of hydrogen-bond donors (Lipinski definition) is 1. The Morgan fingerprint density at radius 1 is 1.35 bits per heavy atom. The minimum Gasteiger partial charge on any atom is -0.467 e. The predicted octanol–water partition coefficient (Wildman–Crippen LogP) is 2.75. The zero-order chi connectivity index (χ0) is 14.0. The summed E-state index contributed by atoms with van der Waals surface area (Å²) in [6, 6.07) is 7.76. The van der Waals surface area contributed by atoms with Crippen LogP contribution >= 0.6 is 11.3 Å². The molecule has 1 amide bonds. The van der Waals surface area contributed by atoms with E-state index in [1.807, 2.05) is 34.5 Å². The van der Waals surface area contributed by atoms with Gasteiger partial charge in [-0.25, -0.2) is 0 Å². The van der Waals surface area contributed by atoms with Gasteiger partial charge in [0, 0.05) is 4.88 Å². The molecule has 2 N–H and O–H groups in total. The molecule has 1 aliphatic rings. The van der Waals surface area contributed by atoms with Crippen molar-refractivity contribution in [3.8, 4) is 0 Å². The van der Waals surface area contributed by atoms with E-state index < -0.39 is 5.54 Å². The van der Waals surface area contributed by atoms with E-state index >= 15 is 0 Å². The summed E-state index contributed by atoms with van der Waals surface area (Å²) in [4.78, 5) is 15.6. The van der Waals surface area contributed by atoms with Crippen LogP contribution in [0.2, 0.25) is 0 Å². The highest BCUT2D eigenvalue weighted by Crippen LogP contribution is 2.32. The summed E-state index contributed by atoms with van der Waals surface area (Å²) in [5.41, 5.74) is 5.52. The molecule has 0 aliphatic heterocycles. The highest BCUT2D eigenvalue weighted by atomic mass is 32.1. The Labute approximate surface area is 122 Å². The van der Waals surface area contributed by atoms with Gasteiger partial charge < -0.3 is 15.1 Å². The van der Waals surface area contributed by atoms with Gasteiger partial charge in [0.1, 0.15) is 5.76 Å². The lowest BCUT2D eigenvalue weighted by atomic mass is 9.76. The molecule has 1 aliphatic carbocycles. The van der Waals surface area contributed by atoms with Crippen molar-refractivity contribution in [1.29, 1.82) is 0 Å². The molecule has 2 aromatic rings. The molecule has 2 heterocycles. The van der Waals surface area contributed by atoms with Crippen molar-refractivity contribution in [3.63, 3.8) is 0 Å². The number of nitrogens with two attached hydrogens (primary N) is 1. The molecule has 0 atom stereocenters. The molecule has 20 heavy (non-hydrogen) atoms. The third kappa shape index (κ3) is 2.64. The van der Waals surface area contributed by atoms with Gasteiger partial charge in [-0.1, -0.05) is 6.07 Å². The molecule has 0 unspecified atom stereocenters. The molecule has 1 saturated carbocycles. The van der Waals surface area contributed by atoms with Gasteiger partial charge >= 0.3 is 0 Å². The topological polar surface area (TPSA) is 59.5 Å². The standard InChI is InChI=1S/C15H18N2O2S/c16-15(6-3-7-15)14(18)17(10-12-4-1-8-19-12)11-13-5-2-9-20-13/h1-2,4-5,8-9H,3,6-7,10-11,16H2. The molecule has 1 fully saturated rings. The molecular weight excluding hydrogens is 272 g/mol. The largest absolute Gasteiger partial charge is 0.467 e. The molecule has 5 heteroatoms. The van der Waals surface area contributed by atoms with Crippen molar-refractivity contribution in [2.45, 2.75) is 37.9 Å². The lowest BCUT2D eigenvalue weighted by Gasteiger charge is -2.40. The number of carbonyl (C=O) groups excluding carboxylic acids is 1. The lowest BCUT2D eigenvalue weighted by molar-refractivity contribution is -0.141. The van der Waals surface area contributed by atoms with Gasteiger partial charge in [0.2, 0.25) is 5.91 Å². The van der Waals surface area contributed by atoms with Gasteiger partial charge in [0.05, 0.1) is 24.9 Å². The Balaban J connectivity index is 1.77. The molecular formula is C15H18N2O2S. The van der Waals surface area contributed by atoms with Gasteiger partial charge in [0.15, 0.2) is 0 Å². The summed E-state index contributed by atoms with van der Waals surface area (Å²) in [6.07, 6.45) is 4.23. The Kier molecular flexibility index (Phi) is 3.63. The summed E-state index contributed by atoms with van der Waals surface area (Å²) in [6.45, 7) is 1.07. The SMILES string of the molecule is NC1(C(=O)N(Cc2ccco2)Cc2cccs2)CCC1. The predicted molar refractivity (Wildman–Crippen MR) is 78.1 cm³/mol. The summed E-state index contributed by atoms with van der Waals surface area (Å²) < 4.78 is 5.37. The molecule has 0 bridgehead atoms. The van der Waals surface area contributed by atoms with Crippen molar-refractivity contribution >= 4 is 17.2 Å². The third-order valence-electron chi connectivity index (χ3n) is 3.81. The van der Waals surface area contributed by atoms with Crippen LogP contribution in [0.3, 0.4) is 0 Å². The maximum absolute atomic E-state index is 12.7. The van der Waals surface area contributed by atoms with Crippen LogP contribution in [0, 0.1) is 0 Å². The van der Waals surface area contributed by atoms with Crippen LogP contribution in [0.25, 0.3) is 0 Å². The molecule has 0 aromatic carbocycles. The molecule has 4 nitrogen and oxygen atoms in total. The Morgan fingerprint density at radius 2 is 2.20 bits per heavy atom. The van der Waals surface area contributed by atoms with Crippen LogP contribution < -0.4 is 5.73 Å². The zero-order valence-corrected chi connectivity index (χ0v) is 12.1. The van der Waals surface area contributed by atoms with Crippen molar-refractivity contribution in [2.24, 2.45) is 5.73 Å². The van der Waals surface area contributed by atoms with E-state index in [0.29, 0.717) is 13.1 Å². The number of thiophene rings is 1. The molecule has 2 aromatic heterocycles. The second-order valence-electron chi connectivity index (χ2n) is 5.33. The number of nitrogens with zero attached hydrogens (tertiary/aromatic N) is 1. The number of carbonyl (C=O) groups is 1. The smallest absolute Gasteiger partial charge is 0.243 e. The normalized spacial score (nSPS) is 16.6. The quantitative estimate of drug-likeness (QED) is 0.921. The van der Waals surface area contributed by atoms with Crippen LogP contribution in [0.5, 0.6) is 0 Å². The molecule has 0 spiro atoms. The first-order valence-corrected chi connectivity index (χ1v) is 7.68. The fourth-order valence-electron chi connectivity index (χ4n) is 2.47. The summed E-state index contributed by atoms with van der Waals surface area (Å²) >= 11 is 1.65. The maximum atomic E-state index is 12.7. The third-order valence-corrected chi connectivity index (χ3v) is 4.67. The minimum atomic E-state index is -0.663. The van der Waals surface area contributed by atoms with E-state index in [4.69, 9.17) is 10.2 Å². The second-order valence-corrected chi connectivity index (χ2v) is 6.36. The Bertz CT molecular complexity index is 522. The maximum Gasteiger partial charge on any atom is 0.243 e. The number of rotatable bonds is 5. The van der Waals surface area contributed by atoms with Crippen molar-refractivity contribution in [2.75, 3.05) is 0 Å². The first-order valence-electron chi connectivity index (χ1n) is 6.80. The molecule has 106 valence electrons. The van der Waals surface area contributed by atoms with Crippen LogP contribution in [0.15, 0.2) is 40.3 Å². The fourth-order valence-corrected chi connectivity index (χ4v) is 3.19.